The van der Waals surface area contributed by atoms with Crippen molar-refractivity contribution in [1.29, 1.82) is 0 Å². The molecule has 0 aromatic heterocycles. The molecule has 112 valence electrons. The minimum absolute atomic E-state index is 0.179. The highest BCUT2D eigenvalue weighted by atomic mass is 32.1. The second-order valence-corrected chi connectivity index (χ2v) is 5.21. The first kappa shape index (κ1) is 16.8. The fraction of sp³-hybridized carbons (Fsp3) is 0.500. The van der Waals surface area contributed by atoms with Crippen LogP contribution in [0.5, 0.6) is 5.75 Å². The van der Waals surface area contributed by atoms with Gasteiger partial charge in [-0.3, -0.25) is 0 Å². The van der Waals surface area contributed by atoms with Crippen molar-refractivity contribution < 1.29 is 17.9 Å². The number of benzene rings is 1. The second-order valence-electron chi connectivity index (χ2n) is 4.77. The van der Waals surface area contributed by atoms with Crippen LogP contribution in [-0.2, 0) is 6.18 Å². The zero-order valence-corrected chi connectivity index (χ0v) is 12.3. The van der Waals surface area contributed by atoms with Crippen molar-refractivity contribution in [3.63, 3.8) is 0 Å². The maximum absolute atomic E-state index is 12.9. The standard InChI is InChI=1S/C14H18F3NOS/c1-3-4-9(2)8-19-10-5-6-11(13(18)20)12(7-10)14(15,16)17/h5-7,9H,3-4,8H2,1-2H3,(H2,18,20). The first-order valence-corrected chi connectivity index (χ1v) is 6.80. The van der Waals surface area contributed by atoms with Gasteiger partial charge in [-0.1, -0.05) is 32.5 Å². The van der Waals surface area contributed by atoms with Gasteiger partial charge in [-0.25, -0.2) is 0 Å². The molecule has 0 spiro atoms. The van der Waals surface area contributed by atoms with Crippen molar-refractivity contribution in [3.05, 3.63) is 29.3 Å². The van der Waals surface area contributed by atoms with Gasteiger partial charge >= 0.3 is 6.18 Å². The summed E-state index contributed by atoms with van der Waals surface area (Å²) in [4.78, 5) is -0.275. The summed E-state index contributed by atoms with van der Waals surface area (Å²) in [5, 5.41) is 0. The van der Waals surface area contributed by atoms with Crippen LogP contribution in [0.25, 0.3) is 0 Å². The normalized spacial score (nSPS) is 13.1. The summed E-state index contributed by atoms with van der Waals surface area (Å²) in [6.45, 7) is 4.43. The average Bonchev–Trinajstić information content (AvgIpc) is 2.35. The van der Waals surface area contributed by atoms with Gasteiger partial charge in [-0.15, -0.1) is 0 Å². The molecular formula is C14H18F3NOS. The molecule has 0 aliphatic rings. The Balaban J connectivity index is 2.93. The molecule has 2 nitrogen and oxygen atoms in total. The minimum atomic E-state index is -4.51. The Morgan fingerprint density at radius 2 is 2.05 bits per heavy atom. The molecular weight excluding hydrogens is 287 g/mol. The molecule has 0 amide bonds. The lowest BCUT2D eigenvalue weighted by Crippen LogP contribution is -2.18. The molecule has 0 saturated carbocycles. The van der Waals surface area contributed by atoms with Gasteiger partial charge in [0.2, 0.25) is 0 Å². The number of alkyl halides is 3. The molecule has 0 fully saturated rings. The van der Waals surface area contributed by atoms with Gasteiger partial charge in [0.25, 0.3) is 0 Å². The fourth-order valence-corrected chi connectivity index (χ4v) is 2.06. The number of nitrogens with two attached hydrogens (primary N) is 1. The van der Waals surface area contributed by atoms with Crippen LogP contribution in [0.15, 0.2) is 18.2 Å². The Kier molecular flexibility index (Phi) is 5.80. The Hall–Kier alpha value is -1.30. The summed E-state index contributed by atoms with van der Waals surface area (Å²) in [5.74, 6) is 0.477. The van der Waals surface area contributed by atoms with Gasteiger partial charge in [-0.2, -0.15) is 13.2 Å². The fourth-order valence-electron chi connectivity index (χ4n) is 1.88. The van der Waals surface area contributed by atoms with E-state index in [9.17, 15) is 13.2 Å². The largest absolute Gasteiger partial charge is 0.493 e. The summed E-state index contributed by atoms with van der Waals surface area (Å²) in [6.07, 6.45) is -2.52. The first-order chi connectivity index (χ1) is 9.25. The zero-order valence-electron chi connectivity index (χ0n) is 11.5. The minimum Gasteiger partial charge on any atom is -0.493 e. The van der Waals surface area contributed by atoms with Gasteiger partial charge in [0.15, 0.2) is 0 Å². The van der Waals surface area contributed by atoms with Crippen LogP contribution in [0.4, 0.5) is 13.2 Å². The second kappa shape index (κ2) is 6.92. The summed E-state index contributed by atoms with van der Waals surface area (Å²) >= 11 is 4.64. The van der Waals surface area contributed by atoms with E-state index in [1.807, 2.05) is 6.92 Å². The van der Waals surface area contributed by atoms with Crippen LogP contribution in [0.2, 0.25) is 0 Å². The van der Waals surface area contributed by atoms with Crippen molar-refractivity contribution in [3.8, 4) is 5.75 Å². The Morgan fingerprint density at radius 1 is 1.40 bits per heavy atom. The number of hydrogen-bond donors (Lipinski definition) is 1. The third-order valence-corrected chi connectivity index (χ3v) is 3.10. The molecule has 0 radical (unpaired) electrons. The van der Waals surface area contributed by atoms with Crippen LogP contribution in [0.3, 0.4) is 0 Å². The van der Waals surface area contributed by atoms with Crippen molar-refractivity contribution in [1.82, 2.24) is 0 Å². The van der Waals surface area contributed by atoms with Crippen molar-refractivity contribution in [2.45, 2.75) is 32.9 Å². The Morgan fingerprint density at radius 3 is 2.55 bits per heavy atom. The molecule has 1 rings (SSSR count). The monoisotopic (exact) mass is 305 g/mol. The molecule has 0 aliphatic carbocycles. The molecule has 0 aliphatic heterocycles. The smallest absolute Gasteiger partial charge is 0.417 e. The van der Waals surface area contributed by atoms with Gasteiger partial charge < -0.3 is 10.5 Å². The topological polar surface area (TPSA) is 35.2 Å². The molecule has 1 unspecified atom stereocenters. The van der Waals surface area contributed by atoms with Crippen molar-refractivity contribution in [2.24, 2.45) is 11.7 Å². The lowest BCUT2D eigenvalue weighted by molar-refractivity contribution is -0.137. The van der Waals surface area contributed by atoms with Gasteiger partial charge in [0, 0.05) is 5.56 Å². The highest BCUT2D eigenvalue weighted by molar-refractivity contribution is 7.80. The summed E-state index contributed by atoms with van der Waals surface area (Å²) in [5.41, 5.74) is 4.28. The van der Waals surface area contributed by atoms with Gasteiger partial charge in [0.1, 0.15) is 10.7 Å². The van der Waals surface area contributed by atoms with E-state index in [0.717, 1.165) is 18.9 Å². The maximum atomic E-state index is 12.9. The van der Waals surface area contributed by atoms with E-state index >= 15 is 0 Å². The third kappa shape index (κ3) is 4.67. The van der Waals surface area contributed by atoms with Crippen LogP contribution < -0.4 is 10.5 Å². The highest BCUT2D eigenvalue weighted by Gasteiger charge is 2.34. The van der Waals surface area contributed by atoms with E-state index in [1.54, 1.807) is 0 Å². The van der Waals surface area contributed by atoms with Crippen LogP contribution in [-0.4, -0.2) is 11.6 Å². The SMILES string of the molecule is CCCC(C)COc1ccc(C(N)=S)c(C(F)(F)F)c1. The molecule has 0 heterocycles. The predicted octanol–water partition coefficient (Wildman–Crippen LogP) is 4.15. The van der Waals surface area contributed by atoms with Gasteiger partial charge in [-0.05, 0) is 30.5 Å². The van der Waals surface area contributed by atoms with E-state index < -0.39 is 11.7 Å². The number of halogens is 3. The Bertz CT molecular complexity index is 474. The number of hydrogen-bond acceptors (Lipinski definition) is 2. The summed E-state index contributed by atoms with van der Waals surface area (Å²) < 4.78 is 44.2. The molecule has 2 N–H and O–H groups in total. The molecule has 1 atom stereocenters. The van der Waals surface area contributed by atoms with Gasteiger partial charge in [0.05, 0.1) is 12.2 Å². The summed E-state index contributed by atoms with van der Waals surface area (Å²) in [6, 6.07) is 3.67. The van der Waals surface area contributed by atoms with Crippen LogP contribution in [0.1, 0.15) is 37.8 Å². The average molecular weight is 305 g/mol. The lowest BCUT2D eigenvalue weighted by Gasteiger charge is -2.16. The van der Waals surface area contributed by atoms with E-state index in [4.69, 9.17) is 10.5 Å². The van der Waals surface area contributed by atoms with E-state index in [1.165, 1.54) is 12.1 Å². The van der Waals surface area contributed by atoms with Crippen molar-refractivity contribution >= 4 is 17.2 Å². The third-order valence-electron chi connectivity index (χ3n) is 2.88. The molecule has 0 bridgehead atoms. The quantitative estimate of drug-likeness (QED) is 0.802. The zero-order chi connectivity index (χ0) is 15.3. The molecule has 1 aromatic carbocycles. The molecule has 20 heavy (non-hydrogen) atoms. The van der Waals surface area contributed by atoms with E-state index in [-0.39, 0.29) is 16.3 Å². The first-order valence-electron chi connectivity index (χ1n) is 6.39. The molecule has 6 heteroatoms. The number of rotatable bonds is 6. The number of thiocarbonyl (C=S) groups is 1. The van der Waals surface area contributed by atoms with Crippen molar-refractivity contribution in [2.75, 3.05) is 6.61 Å². The van der Waals surface area contributed by atoms with E-state index in [2.05, 4.69) is 19.1 Å². The maximum Gasteiger partial charge on any atom is 0.417 e. The Labute approximate surface area is 122 Å². The number of ether oxygens (including phenoxy) is 1. The van der Waals surface area contributed by atoms with E-state index in [0.29, 0.717) is 12.5 Å². The summed E-state index contributed by atoms with van der Waals surface area (Å²) in [7, 11) is 0. The molecule has 1 aromatic rings. The van der Waals surface area contributed by atoms with Crippen LogP contribution >= 0.6 is 12.2 Å². The molecule has 0 saturated heterocycles. The highest BCUT2D eigenvalue weighted by Crippen LogP contribution is 2.34. The predicted molar refractivity (Wildman–Crippen MR) is 76.9 cm³/mol. The van der Waals surface area contributed by atoms with Crippen LogP contribution in [0, 0.1) is 5.92 Å². The lowest BCUT2D eigenvalue weighted by atomic mass is 10.1.